The molecule has 6 nitrogen and oxygen atoms in total. The van der Waals surface area contributed by atoms with Crippen molar-refractivity contribution in [1.82, 2.24) is 5.32 Å². The molecule has 3 rings (SSSR count). The van der Waals surface area contributed by atoms with Gasteiger partial charge in [-0.2, -0.15) is 0 Å². The number of carbonyl (C=O) groups excluding carboxylic acids is 1. The average Bonchev–Trinajstić information content (AvgIpc) is 3.22. The Labute approximate surface area is 147 Å². The van der Waals surface area contributed by atoms with E-state index < -0.39 is 11.9 Å². The number of carbonyl (C=O) groups is 2. The molecule has 6 heteroatoms. The summed E-state index contributed by atoms with van der Waals surface area (Å²) in [6, 6.07) is 5.67. The number of amides is 1. The minimum atomic E-state index is -0.827. The molecular formula is C19H25NO5. The van der Waals surface area contributed by atoms with Crippen molar-refractivity contribution in [1.29, 1.82) is 0 Å². The number of rotatable bonds is 7. The van der Waals surface area contributed by atoms with Crippen molar-refractivity contribution in [2.24, 2.45) is 23.7 Å². The van der Waals surface area contributed by atoms with Gasteiger partial charge in [0.15, 0.2) is 11.5 Å². The van der Waals surface area contributed by atoms with E-state index in [2.05, 4.69) is 5.32 Å². The summed E-state index contributed by atoms with van der Waals surface area (Å²) in [6.45, 7) is 0.481. The summed E-state index contributed by atoms with van der Waals surface area (Å²) in [5.74, 6) is -0.1000. The maximum Gasteiger partial charge on any atom is 0.307 e. The maximum atomic E-state index is 12.5. The van der Waals surface area contributed by atoms with Gasteiger partial charge in [-0.05, 0) is 55.2 Å². The molecule has 25 heavy (non-hydrogen) atoms. The van der Waals surface area contributed by atoms with E-state index in [9.17, 15) is 14.7 Å². The number of hydrogen-bond donors (Lipinski definition) is 2. The number of carboxylic acids is 1. The van der Waals surface area contributed by atoms with Crippen molar-refractivity contribution in [3.05, 3.63) is 23.8 Å². The van der Waals surface area contributed by atoms with Gasteiger partial charge in [-0.1, -0.05) is 6.07 Å². The number of benzene rings is 1. The zero-order valence-corrected chi connectivity index (χ0v) is 14.7. The van der Waals surface area contributed by atoms with Crippen LogP contribution in [0.25, 0.3) is 0 Å². The monoisotopic (exact) mass is 347 g/mol. The van der Waals surface area contributed by atoms with Crippen molar-refractivity contribution in [3.63, 3.8) is 0 Å². The number of ether oxygens (including phenoxy) is 2. The van der Waals surface area contributed by atoms with Crippen molar-refractivity contribution < 1.29 is 24.2 Å². The normalized spacial score (nSPS) is 27.1. The number of fused-ring (bicyclic) bond motifs is 2. The van der Waals surface area contributed by atoms with Gasteiger partial charge in [0, 0.05) is 6.54 Å². The van der Waals surface area contributed by atoms with E-state index in [4.69, 9.17) is 9.47 Å². The van der Waals surface area contributed by atoms with Crippen molar-refractivity contribution in [3.8, 4) is 11.5 Å². The zero-order chi connectivity index (χ0) is 18.0. The third kappa shape index (κ3) is 3.43. The number of carboxylic acid groups (broad SMARTS) is 1. The van der Waals surface area contributed by atoms with Gasteiger partial charge >= 0.3 is 5.97 Å². The van der Waals surface area contributed by atoms with Gasteiger partial charge in [0.05, 0.1) is 26.1 Å². The van der Waals surface area contributed by atoms with E-state index in [0.717, 1.165) is 24.8 Å². The van der Waals surface area contributed by atoms with Crippen LogP contribution in [0, 0.1) is 23.7 Å². The van der Waals surface area contributed by atoms with E-state index in [1.54, 1.807) is 14.2 Å². The molecule has 0 saturated heterocycles. The second-order valence-electron chi connectivity index (χ2n) is 6.95. The molecular weight excluding hydrogens is 322 g/mol. The Morgan fingerprint density at radius 1 is 1.12 bits per heavy atom. The molecule has 1 amide bonds. The van der Waals surface area contributed by atoms with Crippen LogP contribution in [0.15, 0.2) is 18.2 Å². The van der Waals surface area contributed by atoms with Gasteiger partial charge in [-0.15, -0.1) is 0 Å². The standard InChI is InChI=1S/C19H25NO5/c1-24-14-6-3-11(9-15(14)25-2)7-8-20-18(21)16-12-4-5-13(10-12)17(16)19(22)23/h3,6,9,12-13,16-17H,4-5,7-8,10H2,1-2H3,(H,20,21)(H,22,23)/t12-,13+,16+,17+/m1/s1. The van der Waals surface area contributed by atoms with E-state index in [-0.39, 0.29) is 23.7 Å². The van der Waals surface area contributed by atoms with E-state index in [0.29, 0.717) is 24.5 Å². The molecule has 0 aliphatic heterocycles. The smallest absolute Gasteiger partial charge is 0.307 e. The van der Waals surface area contributed by atoms with Gasteiger partial charge in [0.2, 0.25) is 5.91 Å². The molecule has 0 unspecified atom stereocenters. The van der Waals surface area contributed by atoms with Crippen molar-refractivity contribution in [2.45, 2.75) is 25.7 Å². The lowest BCUT2D eigenvalue weighted by Crippen LogP contribution is -2.41. The number of nitrogens with one attached hydrogen (secondary N) is 1. The molecule has 136 valence electrons. The molecule has 0 heterocycles. The number of aliphatic carboxylic acids is 1. The van der Waals surface area contributed by atoms with Crippen LogP contribution in [0.4, 0.5) is 0 Å². The molecule has 4 atom stereocenters. The lowest BCUT2D eigenvalue weighted by atomic mass is 9.78. The second-order valence-corrected chi connectivity index (χ2v) is 6.95. The highest BCUT2D eigenvalue weighted by Gasteiger charge is 2.53. The first kappa shape index (κ1) is 17.6. The van der Waals surface area contributed by atoms with Crippen LogP contribution in [0.5, 0.6) is 11.5 Å². The Balaban J connectivity index is 1.57. The predicted octanol–water partition coefficient (Wildman–Crippen LogP) is 2.11. The van der Waals surface area contributed by atoms with Crippen LogP contribution >= 0.6 is 0 Å². The fourth-order valence-electron chi connectivity index (χ4n) is 4.51. The third-order valence-electron chi connectivity index (χ3n) is 5.67. The third-order valence-corrected chi connectivity index (χ3v) is 5.67. The highest BCUT2D eigenvalue weighted by molar-refractivity contribution is 5.86. The van der Waals surface area contributed by atoms with E-state index in [1.165, 1.54) is 0 Å². The first-order valence-corrected chi connectivity index (χ1v) is 8.76. The fraction of sp³-hybridized carbons (Fsp3) is 0.579. The molecule has 2 aliphatic carbocycles. The number of methoxy groups -OCH3 is 2. The predicted molar refractivity (Wildman–Crippen MR) is 91.7 cm³/mol. The fourth-order valence-corrected chi connectivity index (χ4v) is 4.51. The molecule has 2 saturated carbocycles. The minimum absolute atomic E-state index is 0.111. The Morgan fingerprint density at radius 3 is 2.44 bits per heavy atom. The summed E-state index contributed by atoms with van der Waals surface area (Å²) in [7, 11) is 3.18. The zero-order valence-electron chi connectivity index (χ0n) is 14.7. The van der Waals surface area contributed by atoms with Crippen molar-refractivity contribution in [2.75, 3.05) is 20.8 Å². The summed E-state index contributed by atoms with van der Waals surface area (Å²) in [5.41, 5.74) is 1.03. The molecule has 2 aliphatic rings. The molecule has 0 aromatic heterocycles. The average molecular weight is 347 g/mol. The summed E-state index contributed by atoms with van der Waals surface area (Å²) in [6.07, 6.45) is 3.45. The van der Waals surface area contributed by atoms with Gasteiger partial charge in [-0.3, -0.25) is 9.59 Å². The van der Waals surface area contributed by atoms with Crippen LogP contribution in [0.1, 0.15) is 24.8 Å². The van der Waals surface area contributed by atoms with E-state index in [1.807, 2.05) is 18.2 Å². The molecule has 1 aromatic carbocycles. The Morgan fingerprint density at radius 2 is 1.80 bits per heavy atom. The highest BCUT2D eigenvalue weighted by Crippen LogP contribution is 2.52. The Bertz CT molecular complexity index is 659. The first-order chi connectivity index (χ1) is 12.0. The van der Waals surface area contributed by atoms with Gasteiger partial charge in [-0.25, -0.2) is 0 Å². The lowest BCUT2D eigenvalue weighted by Gasteiger charge is -2.27. The largest absolute Gasteiger partial charge is 0.493 e. The van der Waals surface area contributed by atoms with Crippen molar-refractivity contribution >= 4 is 11.9 Å². The van der Waals surface area contributed by atoms with Gasteiger partial charge in [0.1, 0.15) is 0 Å². The molecule has 2 N–H and O–H groups in total. The topological polar surface area (TPSA) is 84.9 Å². The van der Waals surface area contributed by atoms with Crippen LogP contribution in [-0.2, 0) is 16.0 Å². The molecule has 0 spiro atoms. The van der Waals surface area contributed by atoms with E-state index >= 15 is 0 Å². The first-order valence-electron chi connectivity index (χ1n) is 8.76. The van der Waals surface area contributed by atoms with Crippen LogP contribution in [0.3, 0.4) is 0 Å². The molecule has 1 aromatic rings. The quantitative estimate of drug-likeness (QED) is 0.789. The minimum Gasteiger partial charge on any atom is -0.493 e. The summed E-state index contributed by atoms with van der Waals surface area (Å²) < 4.78 is 10.5. The van der Waals surface area contributed by atoms with Gasteiger partial charge < -0.3 is 19.9 Å². The van der Waals surface area contributed by atoms with Crippen LogP contribution in [0.2, 0.25) is 0 Å². The summed E-state index contributed by atoms with van der Waals surface area (Å²) in [4.78, 5) is 24.1. The summed E-state index contributed by atoms with van der Waals surface area (Å²) >= 11 is 0. The Hall–Kier alpha value is -2.24. The highest BCUT2D eigenvalue weighted by atomic mass is 16.5. The molecule has 0 radical (unpaired) electrons. The van der Waals surface area contributed by atoms with Crippen LogP contribution in [-0.4, -0.2) is 37.7 Å². The molecule has 2 bridgehead atoms. The maximum absolute atomic E-state index is 12.5. The Kier molecular flexibility index (Phi) is 5.16. The molecule has 2 fully saturated rings. The van der Waals surface area contributed by atoms with Gasteiger partial charge in [0.25, 0.3) is 0 Å². The summed E-state index contributed by atoms with van der Waals surface area (Å²) in [5, 5.41) is 12.4. The lowest BCUT2D eigenvalue weighted by molar-refractivity contribution is -0.149. The number of hydrogen-bond acceptors (Lipinski definition) is 4. The van der Waals surface area contributed by atoms with Crippen LogP contribution < -0.4 is 14.8 Å². The second kappa shape index (κ2) is 7.33. The SMILES string of the molecule is COc1ccc(CCNC(=O)[C@H]2[C@@H]3CC[C@@H](C3)[C@@H]2C(=O)O)cc1OC.